The van der Waals surface area contributed by atoms with E-state index < -0.39 is 6.23 Å². The van der Waals surface area contributed by atoms with E-state index >= 15 is 0 Å². The Labute approximate surface area is 96.6 Å². The van der Waals surface area contributed by atoms with E-state index in [1.807, 2.05) is 0 Å². The van der Waals surface area contributed by atoms with Crippen LogP contribution in [0.3, 0.4) is 0 Å². The summed E-state index contributed by atoms with van der Waals surface area (Å²) in [7, 11) is 0. The molecule has 2 aliphatic rings. The highest BCUT2D eigenvalue weighted by atomic mass is 16.7. The van der Waals surface area contributed by atoms with Gasteiger partial charge in [-0.3, -0.25) is 9.59 Å². The minimum atomic E-state index is -0.720. The number of nitrogens with two attached hydrogens (primary N) is 1. The fraction of sp³-hybridized carbons (Fsp3) is 0.182. The highest BCUT2D eigenvalue weighted by Gasteiger charge is 2.42. The Kier molecular flexibility index (Phi) is 1.91. The van der Waals surface area contributed by atoms with Crippen molar-refractivity contribution in [3.05, 3.63) is 35.4 Å². The van der Waals surface area contributed by atoms with Gasteiger partial charge in [0.1, 0.15) is 5.84 Å². The third-order valence-electron chi connectivity index (χ3n) is 2.79. The smallest absolute Gasteiger partial charge is 0.264 e. The van der Waals surface area contributed by atoms with Crippen LogP contribution < -0.4 is 5.73 Å². The maximum atomic E-state index is 12.0. The molecule has 17 heavy (non-hydrogen) atoms. The van der Waals surface area contributed by atoms with E-state index in [0.29, 0.717) is 11.1 Å². The number of rotatable bonds is 1. The Hall–Kier alpha value is -2.37. The first-order valence-electron chi connectivity index (χ1n) is 5.13. The van der Waals surface area contributed by atoms with Gasteiger partial charge in [0.05, 0.1) is 17.5 Å². The third-order valence-corrected chi connectivity index (χ3v) is 2.79. The van der Waals surface area contributed by atoms with Crippen LogP contribution in [0.25, 0.3) is 0 Å². The third kappa shape index (κ3) is 1.30. The van der Waals surface area contributed by atoms with Crippen molar-refractivity contribution in [1.82, 2.24) is 4.90 Å². The van der Waals surface area contributed by atoms with E-state index in [1.165, 1.54) is 0 Å². The summed E-state index contributed by atoms with van der Waals surface area (Å²) in [6.45, 7) is 0. The normalized spacial score (nSPS) is 22.5. The van der Waals surface area contributed by atoms with Gasteiger partial charge in [0.2, 0.25) is 6.23 Å². The first-order chi connectivity index (χ1) is 8.18. The first kappa shape index (κ1) is 9.83. The number of amidine groups is 1. The number of benzene rings is 1. The van der Waals surface area contributed by atoms with E-state index in [4.69, 9.17) is 10.6 Å². The van der Waals surface area contributed by atoms with E-state index in [1.54, 1.807) is 24.3 Å². The maximum absolute atomic E-state index is 12.0. The zero-order valence-corrected chi connectivity index (χ0v) is 8.79. The summed E-state index contributed by atoms with van der Waals surface area (Å²) in [6.07, 6.45) is -0.465. The van der Waals surface area contributed by atoms with Crippen molar-refractivity contribution in [3.63, 3.8) is 0 Å². The van der Waals surface area contributed by atoms with Gasteiger partial charge in [-0.05, 0) is 12.1 Å². The summed E-state index contributed by atoms with van der Waals surface area (Å²) in [4.78, 5) is 30.1. The summed E-state index contributed by atoms with van der Waals surface area (Å²) in [5.74, 6) is -0.437. The predicted molar refractivity (Wildman–Crippen MR) is 58.1 cm³/mol. The molecule has 2 aliphatic heterocycles. The molecule has 0 saturated carbocycles. The van der Waals surface area contributed by atoms with E-state index in [-0.39, 0.29) is 24.1 Å². The van der Waals surface area contributed by atoms with Gasteiger partial charge in [0.15, 0.2) is 0 Å². The predicted octanol–water partition coefficient (Wildman–Crippen LogP) is 0.301. The van der Waals surface area contributed by atoms with Crippen LogP contribution in [-0.2, 0) is 4.84 Å². The molecule has 2 N–H and O–H groups in total. The van der Waals surface area contributed by atoms with Crippen molar-refractivity contribution < 1.29 is 14.4 Å². The highest BCUT2D eigenvalue weighted by molar-refractivity contribution is 6.21. The van der Waals surface area contributed by atoms with E-state index in [2.05, 4.69) is 5.16 Å². The second kappa shape index (κ2) is 3.31. The average molecular weight is 231 g/mol. The molecule has 0 radical (unpaired) electrons. The summed E-state index contributed by atoms with van der Waals surface area (Å²) in [5, 5.41) is 3.54. The van der Waals surface area contributed by atoms with Crippen molar-refractivity contribution in [3.8, 4) is 0 Å². The molecule has 3 rings (SSSR count). The van der Waals surface area contributed by atoms with Gasteiger partial charge in [-0.15, -0.1) is 0 Å². The van der Waals surface area contributed by atoms with E-state index in [0.717, 1.165) is 4.90 Å². The van der Waals surface area contributed by atoms with Crippen LogP contribution in [0, 0.1) is 0 Å². The fourth-order valence-electron chi connectivity index (χ4n) is 1.99. The number of carbonyl (C=O) groups is 2. The lowest BCUT2D eigenvalue weighted by molar-refractivity contribution is -0.0143. The Bertz CT molecular complexity index is 518. The Morgan fingerprint density at radius 2 is 1.82 bits per heavy atom. The number of amides is 2. The van der Waals surface area contributed by atoms with Crippen LogP contribution in [0.5, 0.6) is 0 Å². The summed E-state index contributed by atoms with van der Waals surface area (Å²) in [6, 6.07) is 6.67. The Morgan fingerprint density at radius 1 is 1.24 bits per heavy atom. The first-order valence-corrected chi connectivity index (χ1v) is 5.13. The van der Waals surface area contributed by atoms with Crippen LogP contribution in [-0.4, -0.2) is 28.8 Å². The SMILES string of the molecule is NC1=NOC(N2C(=O)c3ccccc3C2=O)C1. The van der Waals surface area contributed by atoms with Gasteiger partial charge in [0, 0.05) is 0 Å². The van der Waals surface area contributed by atoms with Crippen molar-refractivity contribution >= 4 is 17.6 Å². The number of carbonyl (C=O) groups excluding carboxylic acids is 2. The van der Waals surface area contributed by atoms with Crippen molar-refractivity contribution in [1.29, 1.82) is 0 Å². The lowest BCUT2D eigenvalue weighted by Crippen LogP contribution is -2.40. The molecule has 1 unspecified atom stereocenters. The standard InChI is InChI=1S/C11H9N3O3/c12-8-5-9(17-13-8)14-10(15)6-3-1-2-4-7(6)11(14)16/h1-4,9H,5H2,(H2,12,13). The number of oxime groups is 1. The number of hydrogen-bond acceptors (Lipinski definition) is 5. The summed E-state index contributed by atoms with van der Waals surface area (Å²) in [5.41, 5.74) is 6.25. The zero-order valence-electron chi connectivity index (χ0n) is 8.79. The molecule has 0 aliphatic carbocycles. The molecule has 6 heteroatoms. The summed E-state index contributed by atoms with van der Waals surface area (Å²) < 4.78 is 0. The molecule has 0 saturated heterocycles. The van der Waals surface area contributed by atoms with E-state index in [9.17, 15) is 9.59 Å². The highest BCUT2D eigenvalue weighted by Crippen LogP contribution is 2.27. The van der Waals surface area contributed by atoms with Gasteiger partial charge in [-0.25, -0.2) is 4.90 Å². The molecule has 1 aromatic rings. The number of hydrogen-bond donors (Lipinski definition) is 1. The molecule has 0 aromatic heterocycles. The lowest BCUT2D eigenvalue weighted by atomic mass is 10.1. The van der Waals surface area contributed by atoms with Crippen LogP contribution in [0.1, 0.15) is 27.1 Å². The molecule has 86 valence electrons. The molecule has 2 amide bonds. The van der Waals surface area contributed by atoms with Gasteiger partial charge in [0.25, 0.3) is 11.8 Å². The topological polar surface area (TPSA) is 85.0 Å². The van der Waals surface area contributed by atoms with Gasteiger partial charge < -0.3 is 10.6 Å². The zero-order chi connectivity index (χ0) is 12.0. The Morgan fingerprint density at radius 3 is 2.29 bits per heavy atom. The van der Waals surface area contributed by atoms with Crippen LogP contribution >= 0.6 is 0 Å². The van der Waals surface area contributed by atoms with Gasteiger partial charge in [-0.1, -0.05) is 17.3 Å². The maximum Gasteiger partial charge on any atom is 0.264 e. The second-order valence-electron chi connectivity index (χ2n) is 3.87. The molecular formula is C11H9N3O3. The van der Waals surface area contributed by atoms with Crippen molar-refractivity contribution in [2.75, 3.05) is 0 Å². The second-order valence-corrected chi connectivity index (χ2v) is 3.87. The quantitative estimate of drug-likeness (QED) is 0.704. The largest absolute Gasteiger partial charge is 0.384 e. The Balaban J connectivity index is 1.96. The molecule has 1 aromatic carbocycles. The number of fused-ring (bicyclic) bond motifs is 1. The molecule has 2 heterocycles. The van der Waals surface area contributed by atoms with Crippen molar-refractivity contribution in [2.24, 2.45) is 10.9 Å². The molecule has 0 spiro atoms. The summed E-state index contributed by atoms with van der Waals surface area (Å²) >= 11 is 0. The average Bonchev–Trinajstić information content (AvgIpc) is 2.84. The molecule has 6 nitrogen and oxygen atoms in total. The van der Waals surface area contributed by atoms with Crippen LogP contribution in [0.4, 0.5) is 0 Å². The lowest BCUT2D eigenvalue weighted by Gasteiger charge is -2.18. The van der Waals surface area contributed by atoms with Gasteiger partial charge >= 0.3 is 0 Å². The minimum Gasteiger partial charge on any atom is -0.384 e. The number of imide groups is 1. The van der Waals surface area contributed by atoms with Crippen LogP contribution in [0.15, 0.2) is 29.4 Å². The molecule has 1 atom stereocenters. The monoisotopic (exact) mass is 231 g/mol. The minimum absolute atomic E-state index is 0.255. The van der Waals surface area contributed by atoms with Gasteiger partial charge in [-0.2, -0.15) is 0 Å². The molecular weight excluding hydrogens is 222 g/mol. The fourth-order valence-corrected chi connectivity index (χ4v) is 1.99. The van der Waals surface area contributed by atoms with Crippen molar-refractivity contribution in [2.45, 2.75) is 12.6 Å². The molecule has 0 bridgehead atoms. The molecule has 0 fully saturated rings. The number of nitrogens with zero attached hydrogens (tertiary/aromatic N) is 2. The van der Waals surface area contributed by atoms with Crippen LogP contribution in [0.2, 0.25) is 0 Å².